The Morgan fingerprint density at radius 1 is 1.60 bits per heavy atom. The molecular weight excluding hydrogens is 212 g/mol. The van der Waals surface area contributed by atoms with E-state index < -0.39 is 0 Å². The van der Waals surface area contributed by atoms with Gasteiger partial charge in [0.2, 0.25) is 5.91 Å². The number of fused-ring (bicyclic) bond motifs is 1. The third kappa shape index (κ3) is 1.98. The highest BCUT2D eigenvalue weighted by molar-refractivity contribution is 6.31. The molecule has 1 heterocycles. The first-order valence-electron chi connectivity index (χ1n) is 4.96. The molecule has 0 aliphatic carbocycles. The molecule has 0 saturated carbocycles. The van der Waals surface area contributed by atoms with E-state index in [0.29, 0.717) is 11.6 Å². The molecule has 1 aromatic carbocycles. The van der Waals surface area contributed by atoms with E-state index >= 15 is 0 Å². The van der Waals surface area contributed by atoms with Crippen LogP contribution in [-0.4, -0.2) is 26.0 Å². The van der Waals surface area contributed by atoms with E-state index in [1.54, 1.807) is 11.9 Å². The molecule has 0 radical (unpaired) electrons. The summed E-state index contributed by atoms with van der Waals surface area (Å²) in [5.74, 6) is 0.0958. The second-order valence-electron chi connectivity index (χ2n) is 3.60. The molecule has 0 fully saturated rings. The summed E-state index contributed by atoms with van der Waals surface area (Å²) in [6.45, 7) is 1.13. The van der Waals surface area contributed by atoms with Gasteiger partial charge in [-0.1, -0.05) is 17.7 Å². The molecule has 0 spiro atoms. The summed E-state index contributed by atoms with van der Waals surface area (Å²) in [5.41, 5.74) is 2.16. The van der Waals surface area contributed by atoms with E-state index in [9.17, 15) is 4.79 Å². The number of carbonyl (C=O) groups is 1. The maximum Gasteiger partial charge on any atom is 0.240 e. The lowest BCUT2D eigenvalue weighted by Crippen LogP contribution is -2.35. The molecular formula is C11H13ClN2O. The standard InChI is InChI=1S/C11H13ClN2O/c1-13-7-11(15)14-5-4-8-2-3-9(12)6-10(8)14/h2-3,6,13H,4-5,7H2,1H3. The molecule has 1 N–H and O–H groups in total. The van der Waals surface area contributed by atoms with Gasteiger partial charge in [0.1, 0.15) is 0 Å². The first-order valence-corrected chi connectivity index (χ1v) is 5.33. The quantitative estimate of drug-likeness (QED) is 0.825. The van der Waals surface area contributed by atoms with E-state index in [1.807, 2.05) is 18.2 Å². The average Bonchev–Trinajstić information content (AvgIpc) is 2.60. The first kappa shape index (κ1) is 10.5. The molecule has 1 aromatic rings. The molecule has 80 valence electrons. The number of anilines is 1. The number of rotatable bonds is 2. The molecule has 2 rings (SSSR count). The maximum absolute atomic E-state index is 11.7. The predicted molar refractivity (Wildman–Crippen MR) is 61.4 cm³/mol. The summed E-state index contributed by atoms with van der Waals surface area (Å²) in [5, 5.41) is 3.54. The van der Waals surface area contributed by atoms with E-state index in [1.165, 1.54) is 5.56 Å². The van der Waals surface area contributed by atoms with Crippen LogP contribution >= 0.6 is 11.6 Å². The second-order valence-corrected chi connectivity index (χ2v) is 4.04. The number of halogens is 1. The lowest BCUT2D eigenvalue weighted by molar-refractivity contribution is -0.117. The number of carbonyl (C=O) groups excluding carboxylic acids is 1. The Hall–Kier alpha value is -1.06. The zero-order valence-electron chi connectivity index (χ0n) is 8.59. The van der Waals surface area contributed by atoms with Crippen LogP contribution in [0.5, 0.6) is 0 Å². The predicted octanol–water partition coefficient (Wildman–Crippen LogP) is 1.45. The van der Waals surface area contributed by atoms with Gasteiger partial charge in [0.15, 0.2) is 0 Å². The van der Waals surface area contributed by atoms with Crippen molar-refractivity contribution in [3.63, 3.8) is 0 Å². The van der Waals surface area contributed by atoms with Gasteiger partial charge in [-0.3, -0.25) is 4.79 Å². The number of nitrogens with one attached hydrogen (secondary N) is 1. The number of amides is 1. The van der Waals surface area contributed by atoms with Crippen LogP contribution in [0.25, 0.3) is 0 Å². The van der Waals surface area contributed by atoms with Crippen molar-refractivity contribution in [2.24, 2.45) is 0 Å². The highest BCUT2D eigenvalue weighted by Crippen LogP contribution is 2.30. The van der Waals surface area contributed by atoms with Crippen molar-refractivity contribution < 1.29 is 4.79 Å². The Bertz CT molecular complexity index is 392. The molecule has 4 heteroatoms. The van der Waals surface area contributed by atoms with Gasteiger partial charge < -0.3 is 10.2 Å². The largest absolute Gasteiger partial charge is 0.311 e. The van der Waals surface area contributed by atoms with Crippen molar-refractivity contribution in [1.29, 1.82) is 0 Å². The van der Waals surface area contributed by atoms with Crippen LogP contribution in [0, 0.1) is 0 Å². The van der Waals surface area contributed by atoms with Crippen molar-refractivity contribution in [3.8, 4) is 0 Å². The van der Waals surface area contributed by atoms with Gasteiger partial charge >= 0.3 is 0 Å². The Morgan fingerprint density at radius 2 is 2.40 bits per heavy atom. The minimum atomic E-state index is 0.0958. The molecule has 0 atom stereocenters. The fourth-order valence-electron chi connectivity index (χ4n) is 1.86. The Kier molecular flexibility index (Phi) is 2.93. The molecule has 0 saturated heterocycles. The van der Waals surface area contributed by atoms with Crippen LogP contribution in [0.2, 0.25) is 5.02 Å². The van der Waals surface area contributed by atoms with Gasteiger partial charge in [0.05, 0.1) is 6.54 Å². The second kappa shape index (κ2) is 4.21. The molecule has 0 unspecified atom stereocenters. The minimum Gasteiger partial charge on any atom is -0.311 e. The Morgan fingerprint density at radius 3 is 3.13 bits per heavy atom. The molecule has 3 nitrogen and oxygen atoms in total. The van der Waals surface area contributed by atoms with Gasteiger partial charge in [0.25, 0.3) is 0 Å². The van der Waals surface area contributed by atoms with E-state index in [0.717, 1.165) is 18.7 Å². The van der Waals surface area contributed by atoms with Crippen LogP contribution in [0.3, 0.4) is 0 Å². The molecule has 0 aromatic heterocycles. The Labute approximate surface area is 94.0 Å². The number of nitrogens with zero attached hydrogens (tertiary/aromatic N) is 1. The highest BCUT2D eigenvalue weighted by Gasteiger charge is 2.23. The molecule has 1 amide bonds. The van der Waals surface area contributed by atoms with Crippen LogP contribution in [-0.2, 0) is 11.2 Å². The van der Waals surface area contributed by atoms with Gasteiger partial charge in [-0.2, -0.15) is 0 Å². The monoisotopic (exact) mass is 224 g/mol. The fraction of sp³-hybridized carbons (Fsp3) is 0.364. The van der Waals surface area contributed by atoms with E-state index in [4.69, 9.17) is 11.6 Å². The number of benzene rings is 1. The maximum atomic E-state index is 11.7. The van der Waals surface area contributed by atoms with Gasteiger partial charge in [-0.15, -0.1) is 0 Å². The summed E-state index contributed by atoms with van der Waals surface area (Å²) in [6.07, 6.45) is 0.919. The highest BCUT2D eigenvalue weighted by atomic mass is 35.5. The summed E-state index contributed by atoms with van der Waals surface area (Å²) >= 11 is 5.92. The van der Waals surface area contributed by atoms with E-state index in [-0.39, 0.29) is 5.91 Å². The van der Waals surface area contributed by atoms with Crippen molar-refractivity contribution in [3.05, 3.63) is 28.8 Å². The molecule has 0 bridgehead atoms. The zero-order chi connectivity index (χ0) is 10.8. The fourth-order valence-corrected chi connectivity index (χ4v) is 2.02. The van der Waals surface area contributed by atoms with Crippen molar-refractivity contribution in [1.82, 2.24) is 5.32 Å². The van der Waals surface area contributed by atoms with Crippen LogP contribution < -0.4 is 10.2 Å². The molecule has 15 heavy (non-hydrogen) atoms. The summed E-state index contributed by atoms with van der Waals surface area (Å²) in [4.78, 5) is 13.5. The molecule has 1 aliphatic rings. The normalized spacial score (nSPS) is 14.1. The summed E-state index contributed by atoms with van der Waals surface area (Å²) < 4.78 is 0. The molecule has 1 aliphatic heterocycles. The average molecular weight is 225 g/mol. The van der Waals surface area contributed by atoms with Crippen molar-refractivity contribution in [2.75, 3.05) is 25.0 Å². The minimum absolute atomic E-state index is 0.0958. The van der Waals surface area contributed by atoms with Crippen molar-refractivity contribution >= 4 is 23.2 Å². The summed E-state index contributed by atoms with van der Waals surface area (Å²) in [6, 6.07) is 5.72. The van der Waals surface area contributed by atoms with Gasteiger partial charge in [0, 0.05) is 17.3 Å². The topological polar surface area (TPSA) is 32.3 Å². The van der Waals surface area contributed by atoms with E-state index in [2.05, 4.69) is 5.32 Å². The van der Waals surface area contributed by atoms with Gasteiger partial charge in [-0.05, 0) is 31.2 Å². The number of likely N-dealkylation sites (N-methyl/N-ethyl adjacent to an activating group) is 1. The number of hydrogen-bond acceptors (Lipinski definition) is 2. The van der Waals surface area contributed by atoms with Crippen molar-refractivity contribution in [2.45, 2.75) is 6.42 Å². The van der Waals surface area contributed by atoms with Gasteiger partial charge in [-0.25, -0.2) is 0 Å². The zero-order valence-corrected chi connectivity index (χ0v) is 9.34. The van der Waals surface area contributed by atoms with Crippen LogP contribution in [0.15, 0.2) is 18.2 Å². The van der Waals surface area contributed by atoms with Crippen LogP contribution in [0.4, 0.5) is 5.69 Å². The lowest BCUT2D eigenvalue weighted by atomic mass is 10.2. The first-order chi connectivity index (χ1) is 7.22. The van der Waals surface area contributed by atoms with Crippen LogP contribution in [0.1, 0.15) is 5.56 Å². The number of hydrogen-bond donors (Lipinski definition) is 1. The smallest absolute Gasteiger partial charge is 0.240 e. The lowest BCUT2D eigenvalue weighted by Gasteiger charge is -2.17. The summed E-state index contributed by atoms with van der Waals surface area (Å²) in [7, 11) is 1.77. The third-order valence-corrected chi connectivity index (χ3v) is 2.81. The third-order valence-electron chi connectivity index (χ3n) is 2.57. The Balaban J connectivity index is 2.27. The SMILES string of the molecule is CNCC(=O)N1CCc2ccc(Cl)cc21.